The molecule has 8 aromatic carbocycles. The van der Waals surface area contributed by atoms with E-state index in [9.17, 15) is 9.60 Å². The van der Waals surface area contributed by atoms with E-state index >= 15 is 0 Å². The molecule has 0 unspecified atom stereocenters. The summed E-state index contributed by atoms with van der Waals surface area (Å²) < 4.78 is 121. The first kappa shape index (κ1) is 21.6. The van der Waals surface area contributed by atoms with Crippen LogP contribution in [0.5, 0.6) is 0 Å². The van der Waals surface area contributed by atoms with Crippen LogP contribution in [0.1, 0.15) is 90.0 Å². The van der Waals surface area contributed by atoms with Crippen molar-refractivity contribution in [2.24, 2.45) is 0 Å². The molecule has 0 bridgehead atoms. The van der Waals surface area contributed by atoms with Gasteiger partial charge in [-0.15, -0.1) is 0 Å². The van der Waals surface area contributed by atoms with Gasteiger partial charge < -0.3 is 4.90 Å². The summed E-state index contributed by atoms with van der Waals surface area (Å²) in [5.41, 5.74) is 6.77. The van der Waals surface area contributed by atoms with Crippen LogP contribution >= 0.6 is 0 Å². The Bertz CT molecular complexity index is 3690. The highest BCUT2D eigenvalue weighted by Crippen LogP contribution is 2.65. The molecule has 0 saturated carbocycles. The van der Waals surface area contributed by atoms with Crippen molar-refractivity contribution >= 4 is 17.1 Å². The average molecular weight is 729 g/mol. The molecule has 56 heavy (non-hydrogen) atoms. The fraction of sp³-hybridized carbons (Fsp3) is 0.127. The fourth-order valence-electron chi connectivity index (χ4n) is 10.4. The molecule has 0 saturated heterocycles. The maximum Gasteiger partial charge on any atom is 0.0726 e. The Kier molecular flexibility index (Phi) is 4.19. The molecule has 4 aliphatic carbocycles. The zero-order chi connectivity index (χ0) is 48.9. The van der Waals surface area contributed by atoms with E-state index in [1.54, 1.807) is 24.8 Å². The minimum atomic E-state index is -1.27. The van der Waals surface area contributed by atoms with Crippen LogP contribution in [0.3, 0.4) is 0 Å². The predicted octanol–water partition coefficient (Wildman–Crippen LogP) is 14.1. The van der Waals surface area contributed by atoms with Gasteiger partial charge in [-0.3, -0.25) is 0 Å². The van der Waals surface area contributed by atoms with Crippen LogP contribution in [-0.2, 0) is 16.2 Å². The van der Waals surface area contributed by atoms with Gasteiger partial charge in [0.1, 0.15) is 0 Å². The minimum Gasteiger partial charge on any atom is -0.309 e. The van der Waals surface area contributed by atoms with Crippen LogP contribution in [0.25, 0.3) is 44.5 Å². The zero-order valence-electron chi connectivity index (χ0n) is 44.2. The Labute approximate surface area is 347 Å². The van der Waals surface area contributed by atoms with Gasteiger partial charge in [0.25, 0.3) is 0 Å². The molecule has 0 N–H and O–H groups in total. The van der Waals surface area contributed by atoms with E-state index in [0.717, 1.165) is 44.5 Å². The monoisotopic (exact) mass is 728 g/mol. The van der Waals surface area contributed by atoms with Gasteiger partial charge in [-0.2, -0.15) is 0 Å². The molecule has 0 atom stereocenters. The minimum absolute atomic E-state index is 0.00711. The van der Waals surface area contributed by atoms with Crippen LogP contribution in [-0.4, -0.2) is 0 Å². The molecule has 0 aromatic heterocycles. The highest BCUT2D eigenvalue weighted by Gasteiger charge is 2.52. The van der Waals surface area contributed by atoms with Crippen molar-refractivity contribution in [1.82, 2.24) is 0 Å². The summed E-state index contributed by atoms with van der Waals surface area (Å²) in [7, 11) is 0. The number of rotatable bonds is 3. The van der Waals surface area contributed by atoms with E-state index < -0.39 is 52.5 Å². The molecule has 1 heteroatoms. The van der Waals surface area contributed by atoms with Gasteiger partial charge in [0.15, 0.2) is 0 Å². The number of nitrogens with zero attached hydrogens (tertiary/aromatic N) is 1. The van der Waals surface area contributed by atoms with E-state index in [1.807, 2.05) is 68.4 Å². The van der Waals surface area contributed by atoms with E-state index in [0.29, 0.717) is 11.3 Å². The molecule has 12 rings (SSSR count). The quantitative estimate of drug-likeness (QED) is 0.175. The van der Waals surface area contributed by atoms with Crippen molar-refractivity contribution in [3.05, 3.63) is 220 Å². The lowest BCUT2D eigenvalue weighted by atomic mass is 9.70. The Hall–Kier alpha value is -6.44. The predicted molar refractivity (Wildman–Crippen MR) is 233 cm³/mol. The van der Waals surface area contributed by atoms with Gasteiger partial charge in [0.2, 0.25) is 0 Å². The topological polar surface area (TPSA) is 3.24 Å². The van der Waals surface area contributed by atoms with Crippen molar-refractivity contribution < 1.29 is 17.8 Å². The Morgan fingerprint density at radius 2 is 0.893 bits per heavy atom. The van der Waals surface area contributed by atoms with Crippen LogP contribution in [0.2, 0.25) is 0 Å². The van der Waals surface area contributed by atoms with Gasteiger partial charge >= 0.3 is 0 Å². The summed E-state index contributed by atoms with van der Waals surface area (Å²) in [6.45, 7) is 7.16. The van der Waals surface area contributed by atoms with Gasteiger partial charge in [-0.05, 0) is 102 Å². The number of fused-ring (bicyclic) bond motifs is 16. The van der Waals surface area contributed by atoms with Crippen LogP contribution in [0, 0.1) is 0 Å². The summed E-state index contributed by atoms with van der Waals surface area (Å²) in [6, 6.07) is 27.4. The maximum absolute atomic E-state index is 10.1. The van der Waals surface area contributed by atoms with Crippen molar-refractivity contribution in [3.8, 4) is 44.5 Å². The number of hydrogen-bond acceptors (Lipinski definition) is 1. The van der Waals surface area contributed by atoms with E-state index in [2.05, 4.69) is 36.4 Å². The highest BCUT2D eigenvalue weighted by molar-refractivity contribution is 6.04. The number of benzene rings is 8. The van der Waals surface area contributed by atoms with Crippen molar-refractivity contribution in [2.75, 3.05) is 4.90 Å². The second-order valence-electron chi connectivity index (χ2n) is 16.2. The largest absolute Gasteiger partial charge is 0.309 e. The first-order valence-corrected chi connectivity index (χ1v) is 19.0. The number of hydrogen-bond donors (Lipinski definition) is 0. The normalized spacial score (nSPS) is 19.2. The standard InChI is InChI=1S/C55H41N/c1-53(2)42-23-11-8-20-39(42)51-46(53)27-15-29-49(51)56(34-31-32-38-35-17-5-10-22-41(35)54(3,4)48(38)33-34)50-30-16-28-47-52(50)40-21-9-14-26-45(40)55(47)43-24-12-6-18-36(43)37-19-7-13-25-44(37)55/h5-33H,1-4H3/i5D,8D,10D,11D,15D,17D,20D,22D,23D,27D,29D,31D,32D. The summed E-state index contributed by atoms with van der Waals surface area (Å²) in [6.07, 6.45) is 0. The molecule has 0 aliphatic heterocycles. The Morgan fingerprint density at radius 1 is 0.375 bits per heavy atom. The molecule has 0 heterocycles. The van der Waals surface area contributed by atoms with Gasteiger partial charge in [0.05, 0.1) is 34.6 Å². The van der Waals surface area contributed by atoms with Crippen molar-refractivity contribution in [3.63, 3.8) is 0 Å². The van der Waals surface area contributed by atoms with Crippen molar-refractivity contribution in [1.29, 1.82) is 0 Å². The maximum atomic E-state index is 10.1. The van der Waals surface area contributed by atoms with E-state index in [1.165, 1.54) is 0 Å². The summed E-state index contributed by atoms with van der Waals surface area (Å²) in [5.74, 6) is 0. The lowest BCUT2D eigenvalue weighted by Crippen LogP contribution is -2.26. The van der Waals surface area contributed by atoms with Gasteiger partial charge in [-0.1, -0.05) is 179 Å². The molecule has 0 fully saturated rings. The third-order valence-corrected chi connectivity index (χ3v) is 12.8. The van der Waals surface area contributed by atoms with Crippen molar-refractivity contribution in [2.45, 2.75) is 43.9 Å². The Morgan fingerprint density at radius 3 is 1.61 bits per heavy atom. The van der Waals surface area contributed by atoms with E-state index in [4.69, 9.17) is 8.22 Å². The molecule has 0 radical (unpaired) electrons. The molecule has 0 amide bonds. The lowest BCUT2D eigenvalue weighted by Gasteiger charge is -2.33. The zero-order valence-corrected chi connectivity index (χ0v) is 31.2. The smallest absolute Gasteiger partial charge is 0.0726 e. The van der Waals surface area contributed by atoms with Crippen LogP contribution < -0.4 is 4.90 Å². The van der Waals surface area contributed by atoms with E-state index in [-0.39, 0.29) is 92.6 Å². The lowest BCUT2D eigenvalue weighted by molar-refractivity contribution is 0.660. The molecular formula is C55H41N. The molecule has 1 spiro atoms. The molecule has 8 aromatic rings. The average Bonchev–Trinajstić information content (AvgIpc) is 3.98. The van der Waals surface area contributed by atoms with Gasteiger partial charge in [-0.25, -0.2) is 0 Å². The molecular weight excluding hydrogens is 675 g/mol. The fourth-order valence-corrected chi connectivity index (χ4v) is 10.4. The molecule has 1 nitrogen and oxygen atoms in total. The van der Waals surface area contributed by atoms with Gasteiger partial charge in [0, 0.05) is 27.6 Å². The van der Waals surface area contributed by atoms with Crippen LogP contribution in [0.4, 0.5) is 17.1 Å². The number of anilines is 3. The van der Waals surface area contributed by atoms with Crippen LogP contribution in [0.15, 0.2) is 176 Å². The first-order valence-electron chi connectivity index (χ1n) is 25.5. The first-order chi connectivity index (χ1) is 32.7. The summed E-state index contributed by atoms with van der Waals surface area (Å²) >= 11 is 0. The molecule has 4 aliphatic rings. The summed E-state index contributed by atoms with van der Waals surface area (Å²) in [4.78, 5) is 1.68. The third-order valence-electron chi connectivity index (χ3n) is 12.8. The SMILES string of the molecule is [2H]c1c(N(c2cccc3c2-c2ccccc2C32c3ccccc3-c3ccccc32)c2c([2H])c([2H])c([2H])c3c2-c2c([2H])c([2H])c([2H])c([2H])c2C3(C)C)cc2c(c1[2H])-c1c([2H])c([2H])c([2H])c([2H])c1C2(C)C. The third kappa shape index (κ3) is 3.76. The second-order valence-corrected chi connectivity index (χ2v) is 16.2. The second kappa shape index (κ2) is 10.9. The summed E-state index contributed by atoms with van der Waals surface area (Å²) in [5, 5.41) is 0. The molecule has 266 valence electrons. The highest BCUT2D eigenvalue weighted by atomic mass is 15.1. The Balaban J connectivity index is 1.28.